The van der Waals surface area contributed by atoms with Gasteiger partial charge < -0.3 is 9.80 Å². The maximum atomic E-state index is 13.1. The Hall–Kier alpha value is -0.870. The molecule has 2 saturated heterocycles. The minimum Gasteiger partial charge on any atom is -0.311 e. The number of benzene rings is 1. The number of unbranched alkanes of at least 4 members (excludes halogenated alkanes) is 2. The quantitative estimate of drug-likeness (QED) is 0.706. The van der Waals surface area contributed by atoms with E-state index < -0.39 is 0 Å². The van der Waals surface area contributed by atoms with Crippen LogP contribution in [0.3, 0.4) is 0 Å². The third-order valence-corrected chi connectivity index (χ3v) is 6.22. The van der Waals surface area contributed by atoms with Gasteiger partial charge in [-0.3, -0.25) is 4.79 Å². The third-order valence-electron chi connectivity index (χ3n) is 5.55. The largest absolute Gasteiger partial charge is 0.311 e. The van der Waals surface area contributed by atoms with E-state index in [1.54, 1.807) is 0 Å². The number of para-hydroxylation sites is 1. The molecule has 0 radical (unpaired) electrons. The van der Waals surface area contributed by atoms with E-state index in [1.807, 2.05) is 29.2 Å². The van der Waals surface area contributed by atoms with E-state index in [0.29, 0.717) is 5.91 Å². The van der Waals surface area contributed by atoms with Crippen molar-refractivity contribution in [3.8, 4) is 0 Å². The van der Waals surface area contributed by atoms with Crippen LogP contribution in [0.1, 0.15) is 45.4 Å². The Balaban J connectivity index is 1.62. The zero-order valence-electron chi connectivity index (χ0n) is 14.1. The summed E-state index contributed by atoms with van der Waals surface area (Å²) in [7, 11) is 0. The molecule has 0 unspecified atom stereocenters. The van der Waals surface area contributed by atoms with Gasteiger partial charge in [0.05, 0.1) is 11.1 Å². The van der Waals surface area contributed by atoms with Crippen LogP contribution in [0.5, 0.6) is 0 Å². The molecular weight excluding hydrogens is 352 g/mol. The predicted octanol–water partition coefficient (Wildman–Crippen LogP) is 4.46. The van der Waals surface area contributed by atoms with E-state index in [4.69, 9.17) is 0 Å². The molecule has 0 bridgehead atoms. The number of nitrogens with zero attached hydrogens (tertiary/aromatic N) is 2. The van der Waals surface area contributed by atoms with E-state index >= 15 is 0 Å². The summed E-state index contributed by atoms with van der Waals surface area (Å²) in [4.78, 5) is 17.6. The van der Waals surface area contributed by atoms with Gasteiger partial charge >= 0.3 is 0 Å². The molecule has 3 nitrogen and oxygen atoms in total. The molecule has 2 fully saturated rings. The van der Waals surface area contributed by atoms with Gasteiger partial charge in [0.2, 0.25) is 5.91 Å². The van der Waals surface area contributed by atoms with Gasteiger partial charge in [-0.15, -0.1) is 0 Å². The highest BCUT2D eigenvalue weighted by Gasteiger charge is 2.48. The van der Waals surface area contributed by atoms with Crippen molar-refractivity contribution in [2.75, 3.05) is 31.1 Å². The Labute approximate surface area is 148 Å². The number of halogens is 1. The molecule has 2 aliphatic heterocycles. The first-order valence-electron chi connectivity index (χ1n) is 8.95. The molecule has 0 atom stereocenters. The summed E-state index contributed by atoms with van der Waals surface area (Å²) in [5.41, 5.74) is 0.927. The minimum atomic E-state index is -0.101. The average molecular weight is 379 g/mol. The second-order valence-electron chi connectivity index (χ2n) is 6.99. The molecule has 3 rings (SSSR count). The second kappa shape index (κ2) is 7.35. The molecule has 2 heterocycles. The summed E-state index contributed by atoms with van der Waals surface area (Å²) in [5.74, 6) is 0.345. The first kappa shape index (κ1) is 17.0. The number of piperidine rings is 1. The van der Waals surface area contributed by atoms with Crippen LogP contribution in [0.4, 0.5) is 5.69 Å². The maximum absolute atomic E-state index is 13.1. The number of amides is 1. The van der Waals surface area contributed by atoms with Gasteiger partial charge in [0.25, 0.3) is 0 Å². The highest BCUT2D eigenvalue weighted by atomic mass is 79.9. The van der Waals surface area contributed by atoms with Crippen molar-refractivity contribution in [2.24, 2.45) is 5.41 Å². The Kier molecular flexibility index (Phi) is 5.42. The van der Waals surface area contributed by atoms with Gasteiger partial charge in [0.1, 0.15) is 0 Å². The number of carbonyl (C=O) groups excluding carboxylic acids is 1. The van der Waals surface area contributed by atoms with Gasteiger partial charge in [0, 0.05) is 11.0 Å². The van der Waals surface area contributed by atoms with E-state index in [-0.39, 0.29) is 5.41 Å². The predicted molar refractivity (Wildman–Crippen MR) is 98.7 cm³/mol. The molecule has 1 aromatic rings. The van der Waals surface area contributed by atoms with E-state index in [1.165, 1.54) is 25.8 Å². The summed E-state index contributed by atoms with van der Waals surface area (Å²) < 4.78 is 1.02. The number of hydrogen-bond acceptors (Lipinski definition) is 2. The monoisotopic (exact) mass is 378 g/mol. The number of anilines is 1. The van der Waals surface area contributed by atoms with Crippen LogP contribution in [0.15, 0.2) is 28.7 Å². The Morgan fingerprint density at radius 1 is 1.09 bits per heavy atom. The molecule has 2 aliphatic rings. The van der Waals surface area contributed by atoms with Crippen molar-refractivity contribution in [3.05, 3.63) is 28.7 Å². The molecule has 4 heteroatoms. The molecule has 0 saturated carbocycles. The molecule has 0 aromatic heterocycles. The molecule has 1 spiro atoms. The van der Waals surface area contributed by atoms with Crippen LogP contribution in [0.2, 0.25) is 0 Å². The highest BCUT2D eigenvalue weighted by molar-refractivity contribution is 9.10. The molecule has 0 N–H and O–H groups in total. The lowest BCUT2D eigenvalue weighted by molar-refractivity contribution is -0.128. The van der Waals surface area contributed by atoms with Gasteiger partial charge in [-0.2, -0.15) is 0 Å². The van der Waals surface area contributed by atoms with Crippen molar-refractivity contribution in [1.29, 1.82) is 0 Å². The van der Waals surface area contributed by atoms with Gasteiger partial charge in [-0.25, -0.2) is 0 Å². The number of likely N-dealkylation sites (tertiary alicyclic amines) is 1. The second-order valence-corrected chi connectivity index (χ2v) is 7.84. The van der Waals surface area contributed by atoms with Gasteiger partial charge in [0.15, 0.2) is 0 Å². The molecule has 1 amide bonds. The Bertz CT molecular complexity index is 552. The van der Waals surface area contributed by atoms with Crippen LogP contribution in [0.25, 0.3) is 0 Å². The topological polar surface area (TPSA) is 23.6 Å². The van der Waals surface area contributed by atoms with Crippen LogP contribution < -0.4 is 4.90 Å². The fourth-order valence-corrected chi connectivity index (χ4v) is 4.47. The van der Waals surface area contributed by atoms with E-state index in [0.717, 1.165) is 49.1 Å². The Morgan fingerprint density at radius 2 is 1.78 bits per heavy atom. The van der Waals surface area contributed by atoms with Crippen molar-refractivity contribution < 1.29 is 4.79 Å². The summed E-state index contributed by atoms with van der Waals surface area (Å²) in [6, 6.07) is 8.07. The summed E-state index contributed by atoms with van der Waals surface area (Å²) in [5, 5.41) is 0. The van der Waals surface area contributed by atoms with Crippen LogP contribution >= 0.6 is 15.9 Å². The molecule has 23 heavy (non-hydrogen) atoms. The standard InChI is InChI=1S/C19H27BrN2O/c1-2-3-6-12-21-13-9-19(10-14-21)11-15-22(18(19)23)17-8-5-4-7-16(17)20/h4-5,7-8H,2-3,6,9-15H2,1H3. The smallest absolute Gasteiger partial charge is 0.233 e. The van der Waals surface area contributed by atoms with Gasteiger partial charge in [-0.1, -0.05) is 31.9 Å². The number of carbonyl (C=O) groups is 1. The Morgan fingerprint density at radius 3 is 2.48 bits per heavy atom. The zero-order chi connectivity index (χ0) is 16.3. The van der Waals surface area contributed by atoms with Crippen LogP contribution in [0, 0.1) is 5.41 Å². The minimum absolute atomic E-state index is 0.101. The average Bonchev–Trinajstić information content (AvgIpc) is 2.87. The number of rotatable bonds is 5. The van der Waals surface area contributed by atoms with Crippen LogP contribution in [-0.2, 0) is 4.79 Å². The summed E-state index contributed by atoms with van der Waals surface area (Å²) >= 11 is 3.59. The fraction of sp³-hybridized carbons (Fsp3) is 0.632. The SMILES string of the molecule is CCCCCN1CCC2(CC1)CCN(c1ccccc1Br)C2=O. The van der Waals surface area contributed by atoms with Crippen molar-refractivity contribution in [3.63, 3.8) is 0 Å². The van der Waals surface area contributed by atoms with Gasteiger partial charge in [-0.05, 0) is 73.4 Å². The first-order valence-corrected chi connectivity index (χ1v) is 9.74. The van der Waals surface area contributed by atoms with E-state index in [2.05, 4.69) is 27.8 Å². The zero-order valence-corrected chi connectivity index (χ0v) is 15.6. The van der Waals surface area contributed by atoms with Crippen LogP contribution in [-0.4, -0.2) is 37.0 Å². The molecule has 1 aromatic carbocycles. The first-order chi connectivity index (χ1) is 11.2. The molecule has 126 valence electrons. The third kappa shape index (κ3) is 3.48. The lowest BCUT2D eigenvalue weighted by Crippen LogP contribution is -2.45. The lowest BCUT2D eigenvalue weighted by atomic mass is 9.77. The highest BCUT2D eigenvalue weighted by Crippen LogP contribution is 2.44. The maximum Gasteiger partial charge on any atom is 0.233 e. The fourth-order valence-electron chi connectivity index (χ4n) is 3.98. The van der Waals surface area contributed by atoms with Crippen molar-refractivity contribution in [1.82, 2.24) is 4.90 Å². The normalized spacial score (nSPS) is 21.3. The van der Waals surface area contributed by atoms with Crippen molar-refractivity contribution >= 4 is 27.5 Å². The van der Waals surface area contributed by atoms with Crippen molar-refractivity contribution in [2.45, 2.75) is 45.4 Å². The summed E-state index contributed by atoms with van der Waals surface area (Å²) in [6.45, 7) is 6.47. The van der Waals surface area contributed by atoms with E-state index in [9.17, 15) is 4.79 Å². The number of hydrogen-bond donors (Lipinski definition) is 0. The molecule has 0 aliphatic carbocycles. The lowest BCUT2D eigenvalue weighted by Gasteiger charge is -2.38. The summed E-state index contributed by atoms with van der Waals surface area (Å²) in [6.07, 6.45) is 6.95. The molecular formula is C19H27BrN2O.